The summed E-state index contributed by atoms with van der Waals surface area (Å²) in [5.74, 6) is 0. The minimum atomic E-state index is -3.82. The first-order valence-electron chi connectivity index (χ1n) is 7.97. The van der Waals surface area contributed by atoms with E-state index in [1.807, 2.05) is 18.2 Å². The van der Waals surface area contributed by atoms with Crippen molar-refractivity contribution in [3.8, 4) is 0 Å². The molecule has 0 amide bonds. The maximum atomic E-state index is 12.8. The fraction of sp³-hybridized carbons (Fsp3) is 0.100. The summed E-state index contributed by atoms with van der Waals surface area (Å²) in [6.07, 6.45) is 0. The Bertz CT molecular complexity index is 1020. The largest absolute Gasteiger partial charge is 0.381 e. The number of hydrogen-bond donors (Lipinski definition) is 2. The molecule has 0 radical (unpaired) electrons. The van der Waals surface area contributed by atoms with E-state index in [4.69, 9.17) is 0 Å². The molecule has 1 atom stereocenters. The summed E-state index contributed by atoms with van der Waals surface area (Å²) < 4.78 is 28.7. The summed E-state index contributed by atoms with van der Waals surface area (Å²) in [5.41, 5.74) is 0.125. The first-order valence-corrected chi connectivity index (χ1v) is 10.2. The van der Waals surface area contributed by atoms with E-state index in [2.05, 4.69) is 20.7 Å². The predicted octanol–water partition coefficient (Wildman–Crippen LogP) is 4.51. The van der Waals surface area contributed by atoms with Gasteiger partial charge < -0.3 is 5.11 Å². The molecule has 0 fully saturated rings. The molecule has 0 saturated heterocycles. The maximum Gasteiger partial charge on any atom is 0.263 e. The molecule has 0 spiro atoms. The van der Waals surface area contributed by atoms with E-state index >= 15 is 0 Å². The van der Waals surface area contributed by atoms with Crippen LogP contribution in [-0.2, 0) is 15.6 Å². The molecule has 0 aliphatic carbocycles. The number of benzene rings is 3. The number of anilines is 1. The van der Waals surface area contributed by atoms with Gasteiger partial charge in [-0.15, -0.1) is 0 Å². The Hall–Kier alpha value is -2.15. The Morgan fingerprint density at radius 3 is 2.15 bits per heavy atom. The monoisotopic (exact) mass is 431 g/mol. The van der Waals surface area contributed by atoms with Gasteiger partial charge in [-0.05, 0) is 46.6 Å². The molecule has 3 rings (SSSR count). The molecule has 0 aromatic heterocycles. The molecule has 134 valence electrons. The van der Waals surface area contributed by atoms with Gasteiger partial charge in [0.05, 0.1) is 5.69 Å². The van der Waals surface area contributed by atoms with Crippen LogP contribution in [0.4, 0.5) is 5.69 Å². The molecule has 0 saturated carbocycles. The number of rotatable bonds is 5. The molecule has 3 aromatic rings. The van der Waals surface area contributed by atoms with Gasteiger partial charge in [0, 0.05) is 10.0 Å². The van der Waals surface area contributed by atoms with Crippen LogP contribution in [0, 0.1) is 0 Å². The van der Waals surface area contributed by atoms with Gasteiger partial charge in [-0.25, -0.2) is 8.42 Å². The molecule has 0 heterocycles. The van der Waals surface area contributed by atoms with Crippen LogP contribution in [0.2, 0.25) is 0 Å². The first-order chi connectivity index (χ1) is 12.3. The van der Waals surface area contributed by atoms with Crippen LogP contribution in [0.25, 0.3) is 0 Å². The lowest BCUT2D eigenvalue weighted by molar-refractivity contribution is 0.103. The lowest BCUT2D eigenvalue weighted by Crippen LogP contribution is -2.25. The SMILES string of the molecule is CC(O)(c1ccccc1)c1ccccc1NS(=O)(=O)c1ccccc1Br. The lowest BCUT2D eigenvalue weighted by Gasteiger charge is -2.27. The highest BCUT2D eigenvalue weighted by Gasteiger charge is 2.29. The van der Waals surface area contributed by atoms with Gasteiger partial charge in [0.25, 0.3) is 10.0 Å². The average Bonchev–Trinajstić information content (AvgIpc) is 2.62. The van der Waals surface area contributed by atoms with Crippen LogP contribution in [0.5, 0.6) is 0 Å². The van der Waals surface area contributed by atoms with Gasteiger partial charge in [0.15, 0.2) is 0 Å². The van der Waals surface area contributed by atoms with E-state index in [0.29, 0.717) is 21.3 Å². The van der Waals surface area contributed by atoms with Crippen molar-refractivity contribution in [2.45, 2.75) is 17.4 Å². The number of nitrogens with one attached hydrogen (secondary N) is 1. The summed E-state index contributed by atoms with van der Waals surface area (Å²) in [4.78, 5) is 0.133. The summed E-state index contributed by atoms with van der Waals surface area (Å²) in [5, 5.41) is 11.1. The number of halogens is 1. The van der Waals surface area contributed by atoms with Gasteiger partial charge in [-0.1, -0.05) is 60.7 Å². The zero-order valence-electron chi connectivity index (χ0n) is 14.1. The Kier molecular flexibility index (Phi) is 5.18. The van der Waals surface area contributed by atoms with Crippen molar-refractivity contribution in [2.75, 3.05) is 4.72 Å². The highest BCUT2D eigenvalue weighted by molar-refractivity contribution is 9.10. The van der Waals surface area contributed by atoms with Gasteiger partial charge in [0.1, 0.15) is 10.5 Å². The summed E-state index contributed by atoms with van der Waals surface area (Å²) in [7, 11) is -3.82. The average molecular weight is 432 g/mol. The zero-order valence-corrected chi connectivity index (χ0v) is 16.5. The molecule has 0 aliphatic rings. The van der Waals surface area contributed by atoms with Gasteiger partial charge in [-0.2, -0.15) is 0 Å². The standard InChI is InChI=1S/C20H18BrNO3S/c1-20(23,15-9-3-2-4-10-15)16-11-5-7-13-18(16)22-26(24,25)19-14-8-6-12-17(19)21/h2-14,22-23H,1H3. The Morgan fingerprint density at radius 2 is 1.46 bits per heavy atom. The van der Waals surface area contributed by atoms with E-state index in [9.17, 15) is 13.5 Å². The van der Waals surface area contributed by atoms with Crippen LogP contribution in [-0.4, -0.2) is 13.5 Å². The van der Waals surface area contributed by atoms with Gasteiger partial charge in [0.2, 0.25) is 0 Å². The van der Waals surface area contributed by atoms with Crippen molar-refractivity contribution in [1.82, 2.24) is 0 Å². The topological polar surface area (TPSA) is 66.4 Å². The Morgan fingerprint density at radius 1 is 0.885 bits per heavy atom. The van der Waals surface area contributed by atoms with Crippen molar-refractivity contribution in [3.05, 3.63) is 94.5 Å². The minimum Gasteiger partial charge on any atom is -0.381 e. The Labute approximate surface area is 161 Å². The van der Waals surface area contributed by atoms with E-state index in [-0.39, 0.29) is 4.90 Å². The van der Waals surface area contributed by atoms with E-state index in [0.717, 1.165) is 0 Å². The van der Waals surface area contributed by atoms with E-state index in [1.54, 1.807) is 61.5 Å². The van der Waals surface area contributed by atoms with Crippen molar-refractivity contribution in [2.24, 2.45) is 0 Å². The third kappa shape index (κ3) is 3.67. The minimum absolute atomic E-state index is 0.133. The quantitative estimate of drug-likeness (QED) is 0.624. The second kappa shape index (κ2) is 7.23. The van der Waals surface area contributed by atoms with Crippen LogP contribution >= 0.6 is 15.9 Å². The zero-order chi connectivity index (χ0) is 18.8. The van der Waals surface area contributed by atoms with E-state index < -0.39 is 15.6 Å². The fourth-order valence-electron chi connectivity index (χ4n) is 2.78. The number of para-hydroxylation sites is 1. The molecule has 0 bridgehead atoms. The number of aliphatic hydroxyl groups is 1. The molecule has 2 N–H and O–H groups in total. The molecular weight excluding hydrogens is 414 g/mol. The second-order valence-corrected chi connectivity index (χ2v) is 8.52. The molecule has 1 unspecified atom stereocenters. The second-order valence-electron chi connectivity index (χ2n) is 6.02. The lowest BCUT2D eigenvalue weighted by atomic mass is 9.87. The smallest absolute Gasteiger partial charge is 0.263 e. The van der Waals surface area contributed by atoms with Crippen molar-refractivity contribution >= 4 is 31.6 Å². The predicted molar refractivity (Wildman–Crippen MR) is 107 cm³/mol. The summed E-state index contributed by atoms with van der Waals surface area (Å²) >= 11 is 3.27. The summed E-state index contributed by atoms with van der Waals surface area (Å²) in [6.45, 7) is 1.65. The molecular formula is C20H18BrNO3S. The van der Waals surface area contributed by atoms with Gasteiger partial charge >= 0.3 is 0 Å². The number of hydrogen-bond acceptors (Lipinski definition) is 3. The molecule has 26 heavy (non-hydrogen) atoms. The molecule has 0 aliphatic heterocycles. The van der Waals surface area contributed by atoms with Gasteiger partial charge in [-0.3, -0.25) is 4.72 Å². The van der Waals surface area contributed by atoms with Crippen molar-refractivity contribution in [1.29, 1.82) is 0 Å². The third-order valence-corrected chi connectivity index (χ3v) is 6.54. The first kappa shape index (κ1) is 18.6. The van der Waals surface area contributed by atoms with Crippen LogP contribution < -0.4 is 4.72 Å². The van der Waals surface area contributed by atoms with Crippen molar-refractivity contribution in [3.63, 3.8) is 0 Å². The Balaban J connectivity index is 2.05. The van der Waals surface area contributed by atoms with E-state index in [1.165, 1.54) is 6.07 Å². The van der Waals surface area contributed by atoms with Crippen LogP contribution in [0.3, 0.4) is 0 Å². The number of sulfonamides is 1. The summed E-state index contributed by atoms with van der Waals surface area (Å²) in [6, 6.07) is 22.6. The van der Waals surface area contributed by atoms with Crippen LogP contribution in [0.1, 0.15) is 18.1 Å². The fourth-order valence-corrected chi connectivity index (χ4v) is 4.86. The van der Waals surface area contributed by atoms with Crippen molar-refractivity contribution < 1.29 is 13.5 Å². The highest BCUT2D eigenvalue weighted by Crippen LogP contribution is 2.35. The maximum absolute atomic E-state index is 12.8. The third-order valence-electron chi connectivity index (χ3n) is 4.16. The highest BCUT2D eigenvalue weighted by atomic mass is 79.9. The van der Waals surface area contributed by atoms with Crippen LogP contribution in [0.15, 0.2) is 88.2 Å². The normalized spacial score (nSPS) is 13.8. The molecule has 4 nitrogen and oxygen atoms in total. The molecule has 6 heteroatoms. The molecule has 3 aromatic carbocycles.